The standard InChI is InChI=1S/C28H36N2O8/c1-35-23(31)17-19-15-13-28(30-11-7-8-12-30)20(18(24(32)36-2)22(28)26(34)38-4)16(15)14-27(19,21(17)25(33)37-3)29-9-5-6-10-29/h15-16,19-20H,5-14H2,1-4H3/t15-,16-,19?,20?,27?,28?/m1/s1. The number of methoxy groups -OCH3 is 4. The Labute approximate surface area is 222 Å². The van der Waals surface area contributed by atoms with Crippen LogP contribution in [-0.2, 0) is 38.1 Å². The molecule has 4 aliphatic carbocycles. The zero-order valence-electron chi connectivity index (χ0n) is 22.5. The van der Waals surface area contributed by atoms with Crippen LogP contribution in [0.3, 0.4) is 0 Å². The first-order chi connectivity index (χ1) is 18.3. The SMILES string of the molecule is COC(=O)C1=C(C(=O)OC)C2(N3CCCC3)C[C@H]3C4C(C(=O)OC)=C(C(=O)OC)C4(N4CCCC4)C[C@H]3C12. The summed E-state index contributed by atoms with van der Waals surface area (Å²) >= 11 is 0. The number of likely N-dealkylation sites (tertiary alicyclic amines) is 2. The van der Waals surface area contributed by atoms with Gasteiger partial charge in [-0.3, -0.25) is 9.80 Å². The van der Waals surface area contributed by atoms with E-state index in [1.807, 2.05) is 0 Å². The van der Waals surface area contributed by atoms with Crippen LogP contribution in [0.25, 0.3) is 0 Å². The van der Waals surface area contributed by atoms with E-state index in [-0.39, 0.29) is 23.7 Å². The maximum absolute atomic E-state index is 13.2. The van der Waals surface area contributed by atoms with Crippen LogP contribution in [0.5, 0.6) is 0 Å². The first-order valence-electron chi connectivity index (χ1n) is 13.7. The van der Waals surface area contributed by atoms with Crippen LogP contribution >= 0.6 is 0 Å². The van der Waals surface area contributed by atoms with E-state index in [9.17, 15) is 19.2 Å². The van der Waals surface area contributed by atoms with E-state index < -0.39 is 35.0 Å². The van der Waals surface area contributed by atoms with E-state index in [2.05, 4.69) is 9.80 Å². The van der Waals surface area contributed by atoms with Gasteiger partial charge in [0.05, 0.1) is 61.8 Å². The zero-order valence-corrected chi connectivity index (χ0v) is 22.5. The van der Waals surface area contributed by atoms with Crippen molar-refractivity contribution in [3.05, 3.63) is 22.3 Å². The van der Waals surface area contributed by atoms with Gasteiger partial charge in [-0.15, -0.1) is 0 Å². The molecule has 0 aromatic rings. The highest BCUT2D eigenvalue weighted by Crippen LogP contribution is 2.74. The van der Waals surface area contributed by atoms with E-state index >= 15 is 0 Å². The van der Waals surface area contributed by atoms with Crippen LogP contribution in [0, 0.1) is 23.7 Å². The molecule has 0 bridgehead atoms. The molecule has 2 saturated heterocycles. The van der Waals surface area contributed by atoms with Gasteiger partial charge in [0, 0.05) is 11.8 Å². The molecule has 0 aromatic heterocycles. The van der Waals surface area contributed by atoms with Crippen LogP contribution in [-0.4, -0.2) is 99.4 Å². The van der Waals surface area contributed by atoms with Crippen molar-refractivity contribution in [2.75, 3.05) is 54.6 Å². The lowest BCUT2D eigenvalue weighted by atomic mass is 9.56. The number of ether oxygens (including phenoxy) is 4. The zero-order chi connectivity index (χ0) is 27.0. The number of carbonyl (C=O) groups excluding carboxylic acids is 4. The summed E-state index contributed by atoms with van der Waals surface area (Å²) in [7, 11) is 5.36. The van der Waals surface area contributed by atoms with E-state index in [1.54, 1.807) is 0 Å². The first kappa shape index (κ1) is 25.6. The Morgan fingerprint density at radius 3 is 1.18 bits per heavy atom. The number of rotatable bonds is 6. The van der Waals surface area contributed by atoms with Crippen LogP contribution in [0.2, 0.25) is 0 Å². The second-order valence-corrected chi connectivity index (χ2v) is 11.5. The van der Waals surface area contributed by atoms with Crippen molar-refractivity contribution in [2.45, 2.75) is 49.6 Å². The van der Waals surface area contributed by atoms with Gasteiger partial charge < -0.3 is 18.9 Å². The Morgan fingerprint density at radius 1 is 0.579 bits per heavy atom. The molecule has 6 rings (SSSR count). The van der Waals surface area contributed by atoms with Gasteiger partial charge >= 0.3 is 23.9 Å². The summed E-state index contributed by atoms with van der Waals surface area (Å²) in [4.78, 5) is 57.5. The second kappa shape index (κ2) is 8.91. The number of esters is 4. The molecule has 38 heavy (non-hydrogen) atoms. The minimum Gasteiger partial charge on any atom is -0.466 e. The molecule has 6 aliphatic rings. The van der Waals surface area contributed by atoms with Crippen molar-refractivity contribution in [3.63, 3.8) is 0 Å². The van der Waals surface area contributed by atoms with Gasteiger partial charge in [-0.2, -0.15) is 0 Å². The molecule has 4 fully saturated rings. The Bertz CT molecular complexity index is 1070. The third kappa shape index (κ3) is 2.90. The number of fused-ring (bicyclic) bond motifs is 5. The highest BCUT2D eigenvalue weighted by molar-refractivity contribution is 6.08. The predicted molar refractivity (Wildman–Crippen MR) is 132 cm³/mol. The molecule has 0 radical (unpaired) electrons. The van der Waals surface area contributed by atoms with E-state index in [0.29, 0.717) is 35.1 Å². The maximum atomic E-state index is 13.2. The summed E-state index contributed by atoms with van der Waals surface area (Å²) in [5.41, 5.74) is 0.350. The van der Waals surface area contributed by atoms with Gasteiger partial charge in [-0.1, -0.05) is 0 Å². The molecule has 206 valence electrons. The third-order valence-corrected chi connectivity index (χ3v) is 10.5. The molecular formula is C28H36N2O8. The highest BCUT2D eigenvalue weighted by Gasteiger charge is 2.79. The van der Waals surface area contributed by atoms with Gasteiger partial charge in [0.2, 0.25) is 0 Å². The van der Waals surface area contributed by atoms with Gasteiger partial charge in [-0.25, -0.2) is 19.2 Å². The summed E-state index contributed by atoms with van der Waals surface area (Å²) in [5, 5.41) is 0. The van der Waals surface area contributed by atoms with Gasteiger partial charge in [0.1, 0.15) is 0 Å². The molecule has 2 saturated carbocycles. The molecule has 4 unspecified atom stereocenters. The fourth-order valence-corrected chi connectivity index (χ4v) is 9.41. The monoisotopic (exact) mass is 528 g/mol. The molecule has 0 amide bonds. The lowest BCUT2D eigenvalue weighted by molar-refractivity contribution is -0.146. The van der Waals surface area contributed by atoms with E-state index in [0.717, 1.165) is 51.9 Å². The molecule has 2 aliphatic heterocycles. The van der Waals surface area contributed by atoms with Gasteiger partial charge in [0.25, 0.3) is 0 Å². The molecule has 10 heteroatoms. The predicted octanol–water partition coefficient (Wildman–Crippen LogP) is 1.24. The number of hydrogen-bond acceptors (Lipinski definition) is 10. The average Bonchev–Trinajstić information content (AvgIpc) is 3.70. The lowest BCUT2D eigenvalue weighted by Crippen LogP contribution is -2.66. The molecule has 10 nitrogen and oxygen atoms in total. The number of hydrogen-bond donors (Lipinski definition) is 0. The van der Waals surface area contributed by atoms with Crippen LogP contribution in [0.1, 0.15) is 38.5 Å². The fourth-order valence-electron chi connectivity index (χ4n) is 9.41. The van der Waals surface area contributed by atoms with Gasteiger partial charge in [-0.05, 0) is 76.5 Å². The number of carbonyl (C=O) groups is 4. The smallest absolute Gasteiger partial charge is 0.336 e. The fraction of sp³-hybridized carbons (Fsp3) is 0.714. The Balaban J connectivity index is 1.52. The van der Waals surface area contributed by atoms with Crippen molar-refractivity contribution in [2.24, 2.45) is 23.7 Å². The summed E-state index contributed by atoms with van der Waals surface area (Å²) < 4.78 is 20.8. The summed E-state index contributed by atoms with van der Waals surface area (Å²) in [5.74, 6) is -2.52. The second-order valence-electron chi connectivity index (χ2n) is 11.5. The Morgan fingerprint density at radius 2 is 0.895 bits per heavy atom. The minimum atomic E-state index is -0.637. The lowest BCUT2D eigenvalue weighted by Gasteiger charge is -2.57. The molecular weight excluding hydrogens is 492 g/mol. The van der Waals surface area contributed by atoms with Crippen molar-refractivity contribution in [1.29, 1.82) is 0 Å². The Hall–Kier alpha value is -2.72. The van der Waals surface area contributed by atoms with Crippen molar-refractivity contribution < 1.29 is 38.1 Å². The number of nitrogens with zero attached hydrogens (tertiary/aromatic N) is 2. The molecule has 0 spiro atoms. The summed E-state index contributed by atoms with van der Waals surface area (Å²) in [6.45, 7) is 3.33. The summed E-state index contributed by atoms with van der Waals surface area (Å²) in [6.07, 6.45) is 5.31. The molecule has 6 atom stereocenters. The molecule has 0 aromatic carbocycles. The van der Waals surface area contributed by atoms with Crippen LogP contribution in [0.15, 0.2) is 22.3 Å². The minimum absolute atomic E-state index is 0.0227. The van der Waals surface area contributed by atoms with Crippen molar-refractivity contribution >= 4 is 23.9 Å². The molecule has 0 N–H and O–H groups in total. The average molecular weight is 529 g/mol. The summed E-state index contributed by atoms with van der Waals surface area (Å²) in [6, 6.07) is 0. The molecule has 2 heterocycles. The van der Waals surface area contributed by atoms with Crippen molar-refractivity contribution in [1.82, 2.24) is 9.80 Å². The third-order valence-electron chi connectivity index (χ3n) is 10.5. The quantitative estimate of drug-likeness (QED) is 0.369. The van der Waals surface area contributed by atoms with Crippen LogP contribution < -0.4 is 0 Å². The Kier molecular flexibility index (Phi) is 5.99. The van der Waals surface area contributed by atoms with Crippen LogP contribution in [0.4, 0.5) is 0 Å². The highest BCUT2D eigenvalue weighted by atomic mass is 16.5. The van der Waals surface area contributed by atoms with Gasteiger partial charge in [0.15, 0.2) is 0 Å². The normalized spacial score (nSPS) is 37.7. The van der Waals surface area contributed by atoms with E-state index in [4.69, 9.17) is 18.9 Å². The largest absolute Gasteiger partial charge is 0.466 e. The first-order valence-corrected chi connectivity index (χ1v) is 13.7. The van der Waals surface area contributed by atoms with Crippen molar-refractivity contribution in [3.8, 4) is 0 Å². The topological polar surface area (TPSA) is 112 Å². The maximum Gasteiger partial charge on any atom is 0.336 e. The van der Waals surface area contributed by atoms with E-state index in [1.165, 1.54) is 28.4 Å².